The predicted octanol–water partition coefficient (Wildman–Crippen LogP) is 0.702. The van der Waals surface area contributed by atoms with E-state index in [0.29, 0.717) is 13.0 Å². The lowest BCUT2D eigenvalue weighted by Crippen LogP contribution is -2.38. The summed E-state index contributed by atoms with van der Waals surface area (Å²) in [4.78, 5) is 36.9. The van der Waals surface area contributed by atoms with Gasteiger partial charge in [-0.25, -0.2) is 0 Å². The van der Waals surface area contributed by atoms with Gasteiger partial charge in [0.05, 0.1) is 5.92 Å². The third kappa shape index (κ3) is 2.46. The number of carboxylic acid groups (broad SMARTS) is 1. The smallest absolute Gasteiger partial charge is 0.308 e. The minimum Gasteiger partial charge on any atom is -0.481 e. The molecule has 0 radical (unpaired) electrons. The van der Waals surface area contributed by atoms with E-state index >= 15 is 0 Å². The van der Waals surface area contributed by atoms with Gasteiger partial charge < -0.3 is 14.6 Å². The second-order valence-electron chi connectivity index (χ2n) is 5.76. The zero-order valence-electron chi connectivity index (χ0n) is 11.6. The molecule has 112 valence electrons. The molecule has 3 heterocycles. The Morgan fingerprint density at radius 2 is 2.10 bits per heavy atom. The standard InChI is InChI=1S/C15H18N2O4/c18-13-3-1-2-7-16(13)8-6-14(19)17-10-4-5-12(17)11(9-10)15(20)21/h1-3,7,10-12H,4-6,8-9H2,(H,20,21). The monoisotopic (exact) mass is 290 g/mol. The Bertz CT molecular complexity index is 624. The quantitative estimate of drug-likeness (QED) is 0.885. The largest absolute Gasteiger partial charge is 0.481 e. The van der Waals surface area contributed by atoms with E-state index in [2.05, 4.69) is 0 Å². The highest BCUT2D eigenvalue weighted by molar-refractivity contribution is 5.80. The Balaban J connectivity index is 1.66. The lowest BCUT2D eigenvalue weighted by atomic mass is 9.89. The van der Waals surface area contributed by atoms with Crippen molar-refractivity contribution in [1.29, 1.82) is 0 Å². The van der Waals surface area contributed by atoms with Crippen LogP contribution in [0.25, 0.3) is 0 Å². The van der Waals surface area contributed by atoms with Crippen molar-refractivity contribution in [1.82, 2.24) is 9.47 Å². The van der Waals surface area contributed by atoms with Crippen LogP contribution >= 0.6 is 0 Å². The fourth-order valence-electron chi connectivity index (χ4n) is 3.63. The molecule has 2 aliphatic rings. The molecular weight excluding hydrogens is 272 g/mol. The number of aromatic nitrogens is 1. The van der Waals surface area contributed by atoms with E-state index in [1.54, 1.807) is 23.2 Å². The number of pyridine rings is 1. The van der Waals surface area contributed by atoms with Crippen molar-refractivity contribution >= 4 is 11.9 Å². The number of hydrogen-bond donors (Lipinski definition) is 1. The zero-order valence-corrected chi connectivity index (χ0v) is 11.6. The van der Waals surface area contributed by atoms with Gasteiger partial charge in [-0.2, -0.15) is 0 Å². The average molecular weight is 290 g/mol. The number of rotatable bonds is 4. The van der Waals surface area contributed by atoms with Gasteiger partial charge in [0.1, 0.15) is 0 Å². The van der Waals surface area contributed by atoms with Crippen LogP contribution in [0.3, 0.4) is 0 Å². The van der Waals surface area contributed by atoms with E-state index < -0.39 is 11.9 Å². The van der Waals surface area contributed by atoms with Gasteiger partial charge in [0.25, 0.3) is 5.56 Å². The molecule has 1 N–H and O–H groups in total. The maximum absolute atomic E-state index is 12.4. The molecule has 2 bridgehead atoms. The highest BCUT2D eigenvalue weighted by Gasteiger charge is 2.50. The Kier molecular flexibility index (Phi) is 3.53. The summed E-state index contributed by atoms with van der Waals surface area (Å²) in [7, 11) is 0. The first-order valence-corrected chi connectivity index (χ1v) is 7.27. The Morgan fingerprint density at radius 1 is 1.29 bits per heavy atom. The van der Waals surface area contributed by atoms with Gasteiger partial charge in [-0.1, -0.05) is 6.07 Å². The summed E-state index contributed by atoms with van der Waals surface area (Å²) in [6.45, 7) is 0.339. The van der Waals surface area contributed by atoms with Gasteiger partial charge in [-0.15, -0.1) is 0 Å². The van der Waals surface area contributed by atoms with Crippen molar-refractivity contribution < 1.29 is 14.7 Å². The van der Waals surface area contributed by atoms with Crippen LogP contribution in [0.4, 0.5) is 0 Å². The summed E-state index contributed by atoms with van der Waals surface area (Å²) in [5, 5.41) is 9.20. The van der Waals surface area contributed by atoms with E-state index in [1.165, 1.54) is 10.6 Å². The van der Waals surface area contributed by atoms with Crippen molar-refractivity contribution in [3.63, 3.8) is 0 Å². The van der Waals surface area contributed by atoms with Crippen molar-refractivity contribution in [2.75, 3.05) is 0 Å². The van der Waals surface area contributed by atoms with E-state index in [0.717, 1.165) is 12.8 Å². The van der Waals surface area contributed by atoms with Gasteiger partial charge in [-0.05, 0) is 25.3 Å². The zero-order chi connectivity index (χ0) is 15.0. The molecular formula is C15H18N2O4. The lowest BCUT2D eigenvalue weighted by Gasteiger charge is -2.23. The summed E-state index contributed by atoms with van der Waals surface area (Å²) in [6, 6.07) is 4.79. The Labute approximate surface area is 122 Å². The third-order valence-electron chi connectivity index (χ3n) is 4.61. The maximum atomic E-state index is 12.4. The number of carbonyl (C=O) groups excluding carboxylic acids is 1. The Hall–Kier alpha value is -2.11. The molecule has 6 heteroatoms. The second kappa shape index (κ2) is 5.35. The number of hydrogen-bond acceptors (Lipinski definition) is 3. The number of nitrogens with zero attached hydrogens (tertiary/aromatic N) is 2. The molecule has 1 amide bonds. The molecule has 1 aromatic rings. The van der Waals surface area contributed by atoms with Crippen LogP contribution in [0.5, 0.6) is 0 Å². The molecule has 3 atom stereocenters. The van der Waals surface area contributed by atoms with Gasteiger partial charge in [-0.3, -0.25) is 14.4 Å². The van der Waals surface area contributed by atoms with Crippen molar-refractivity contribution in [2.24, 2.45) is 5.92 Å². The molecule has 2 fully saturated rings. The van der Waals surface area contributed by atoms with Crippen LogP contribution < -0.4 is 5.56 Å². The first kappa shape index (κ1) is 13.9. The van der Waals surface area contributed by atoms with E-state index in [9.17, 15) is 19.5 Å². The van der Waals surface area contributed by atoms with Gasteiger partial charge in [0.2, 0.25) is 5.91 Å². The van der Waals surface area contributed by atoms with E-state index in [-0.39, 0.29) is 30.0 Å². The summed E-state index contributed by atoms with van der Waals surface area (Å²) >= 11 is 0. The molecule has 0 saturated carbocycles. The molecule has 21 heavy (non-hydrogen) atoms. The van der Waals surface area contributed by atoms with Crippen LogP contribution in [0, 0.1) is 5.92 Å². The third-order valence-corrected chi connectivity index (χ3v) is 4.61. The highest BCUT2D eigenvalue weighted by atomic mass is 16.4. The molecule has 6 nitrogen and oxygen atoms in total. The molecule has 3 unspecified atom stereocenters. The van der Waals surface area contributed by atoms with Crippen molar-refractivity contribution in [3.05, 3.63) is 34.7 Å². The number of fused-ring (bicyclic) bond motifs is 2. The number of amides is 1. The summed E-state index contributed by atoms with van der Waals surface area (Å²) in [5.74, 6) is -1.27. The molecule has 0 aliphatic carbocycles. The average Bonchev–Trinajstić information content (AvgIpc) is 3.04. The van der Waals surface area contributed by atoms with Crippen molar-refractivity contribution in [2.45, 2.75) is 44.3 Å². The normalized spacial score (nSPS) is 27.0. The first-order chi connectivity index (χ1) is 10.1. The van der Waals surface area contributed by atoms with Crippen molar-refractivity contribution in [3.8, 4) is 0 Å². The molecule has 3 rings (SSSR count). The lowest BCUT2D eigenvalue weighted by molar-refractivity contribution is -0.143. The van der Waals surface area contributed by atoms with Crippen LogP contribution in [0.2, 0.25) is 0 Å². The summed E-state index contributed by atoms with van der Waals surface area (Å²) < 4.78 is 1.50. The number of aryl methyl sites for hydroxylation is 1. The van der Waals surface area contributed by atoms with E-state index in [4.69, 9.17) is 0 Å². The number of aliphatic carboxylic acids is 1. The molecule has 1 aromatic heterocycles. The summed E-state index contributed by atoms with van der Waals surface area (Å²) in [5.41, 5.74) is -0.127. The van der Waals surface area contributed by atoms with E-state index in [1.807, 2.05) is 0 Å². The number of carbonyl (C=O) groups is 2. The maximum Gasteiger partial charge on any atom is 0.308 e. The van der Waals surface area contributed by atoms with Crippen LogP contribution in [-0.2, 0) is 16.1 Å². The minimum absolute atomic E-state index is 0.0398. The van der Waals surface area contributed by atoms with Gasteiger partial charge >= 0.3 is 5.97 Å². The fourth-order valence-corrected chi connectivity index (χ4v) is 3.63. The van der Waals surface area contributed by atoms with Gasteiger partial charge in [0, 0.05) is 37.3 Å². The molecule has 2 aliphatic heterocycles. The number of carboxylic acids is 1. The fraction of sp³-hybridized carbons (Fsp3) is 0.533. The van der Waals surface area contributed by atoms with Crippen LogP contribution in [0.1, 0.15) is 25.7 Å². The predicted molar refractivity (Wildman–Crippen MR) is 74.7 cm³/mol. The first-order valence-electron chi connectivity index (χ1n) is 7.27. The molecule has 0 spiro atoms. The topological polar surface area (TPSA) is 79.6 Å². The highest BCUT2D eigenvalue weighted by Crippen LogP contribution is 2.42. The Morgan fingerprint density at radius 3 is 2.76 bits per heavy atom. The van der Waals surface area contributed by atoms with Gasteiger partial charge in [0.15, 0.2) is 0 Å². The van der Waals surface area contributed by atoms with Crippen LogP contribution in [-0.4, -0.2) is 38.5 Å². The summed E-state index contributed by atoms with van der Waals surface area (Å²) in [6.07, 6.45) is 4.14. The van der Waals surface area contributed by atoms with Crippen LogP contribution in [0.15, 0.2) is 29.2 Å². The SMILES string of the molecule is O=C(O)C1CC2CCC1N2C(=O)CCn1ccccc1=O. The second-order valence-corrected chi connectivity index (χ2v) is 5.76. The molecule has 2 saturated heterocycles. The minimum atomic E-state index is -0.806. The molecule has 0 aromatic carbocycles.